The van der Waals surface area contributed by atoms with Crippen LogP contribution in [0.15, 0.2) is 59.6 Å². The summed E-state index contributed by atoms with van der Waals surface area (Å²) in [6, 6.07) is 13.7. The van der Waals surface area contributed by atoms with Crippen molar-refractivity contribution < 1.29 is 18.3 Å². The normalized spacial score (nSPS) is 10.9. The molecule has 140 valence electrons. The fourth-order valence-electron chi connectivity index (χ4n) is 2.38. The van der Waals surface area contributed by atoms with Crippen LogP contribution in [0, 0.1) is 0 Å². The quantitative estimate of drug-likeness (QED) is 0.575. The standard InChI is InChI=1S/C18H14ClF2N3O2S/c1-26-14-10-24(11-6-3-2-4-7-11)23-15(14)17(25)22-13-9-5-8-12(19)16(13)27-18(20)21/h2-10,18H,1H3,(H,22,25). The van der Waals surface area contributed by atoms with Gasteiger partial charge in [0.05, 0.1) is 34.6 Å². The first-order valence-electron chi connectivity index (χ1n) is 7.73. The Morgan fingerprint density at radius 3 is 2.63 bits per heavy atom. The van der Waals surface area contributed by atoms with E-state index in [1.54, 1.807) is 12.3 Å². The lowest BCUT2D eigenvalue weighted by atomic mass is 10.3. The second kappa shape index (κ2) is 8.41. The maximum Gasteiger partial charge on any atom is 0.289 e. The molecular weight excluding hydrogens is 396 g/mol. The van der Waals surface area contributed by atoms with E-state index in [2.05, 4.69) is 10.4 Å². The van der Waals surface area contributed by atoms with Gasteiger partial charge in [-0.2, -0.15) is 13.9 Å². The molecule has 9 heteroatoms. The summed E-state index contributed by atoms with van der Waals surface area (Å²) in [7, 11) is 1.42. The van der Waals surface area contributed by atoms with E-state index in [0.29, 0.717) is 0 Å². The van der Waals surface area contributed by atoms with E-state index in [0.717, 1.165) is 5.69 Å². The fraction of sp³-hybridized carbons (Fsp3) is 0.111. The van der Waals surface area contributed by atoms with Crippen LogP contribution in [0.2, 0.25) is 5.02 Å². The number of nitrogens with zero attached hydrogens (tertiary/aromatic N) is 2. The van der Waals surface area contributed by atoms with E-state index in [1.807, 2.05) is 30.3 Å². The molecule has 0 saturated heterocycles. The number of ether oxygens (including phenoxy) is 1. The number of nitrogens with one attached hydrogen (secondary N) is 1. The van der Waals surface area contributed by atoms with Gasteiger partial charge in [0.2, 0.25) is 0 Å². The molecule has 1 N–H and O–H groups in total. The summed E-state index contributed by atoms with van der Waals surface area (Å²) in [5.74, 6) is -3.02. The van der Waals surface area contributed by atoms with Gasteiger partial charge in [-0.1, -0.05) is 47.6 Å². The lowest BCUT2D eigenvalue weighted by molar-refractivity contribution is 0.101. The van der Waals surface area contributed by atoms with E-state index in [4.69, 9.17) is 16.3 Å². The molecule has 0 aliphatic heterocycles. The predicted molar refractivity (Wildman–Crippen MR) is 101 cm³/mol. The summed E-state index contributed by atoms with van der Waals surface area (Å²) in [6.07, 6.45) is 1.57. The number of halogens is 3. The Balaban J connectivity index is 1.91. The van der Waals surface area contributed by atoms with Crippen LogP contribution in [0.5, 0.6) is 5.75 Å². The Labute approximate surface area is 163 Å². The van der Waals surface area contributed by atoms with Gasteiger partial charge in [0, 0.05) is 0 Å². The van der Waals surface area contributed by atoms with Crippen molar-refractivity contribution in [1.82, 2.24) is 9.78 Å². The number of thioether (sulfide) groups is 1. The molecule has 1 heterocycles. The molecule has 3 rings (SSSR count). The van der Waals surface area contributed by atoms with Gasteiger partial charge in [0.25, 0.3) is 11.7 Å². The van der Waals surface area contributed by atoms with Crippen LogP contribution in [-0.2, 0) is 0 Å². The number of carbonyl (C=O) groups excluding carboxylic acids is 1. The van der Waals surface area contributed by atoms with Crippen LogP contribution in [0.4, 0.5) is 14.5 Å². The first-order chi connectivity index (χ1) is 13.0. The molecule has 27 heavy (non-hydrogen) atoms. The van der Waals surface area contributed by atoms with Gasteiger partial charge in [-0.25, -0.2) is 4.68 Å². The van der Waals surface area contributed by atoms with Crippen LogP contribution in [0.25, 0.3) is 5.69 Å². The molecule has 3 aromatic rings. The van der Waals surface area contributed by atoms with E-state index in [9.17, 15) is 13.6 Å². The zero-order chi connectivity index (χ0) is 19.4. The fourth-order valence-corrected chi connectivity index (χ4v) is 3.29. The number of anilines is 1. The molecule has 5 nitrogen and oxygen atoms in total. The molecule has 0 aliphatic rings. The van der Waals surface area contributed by atoms with Crippen molar-refractivity contribution in [2.45, 2.75) is 10.7 Å². The monoisotopic (exact) mass is 409 g/mol. The van der Waals surface area contributed by atoms with Crippen molar-refractivity contribution in [2.24, 2.45) is 0 Å². The Morgan fingerprint density at radius 2 is 1.96 bits per heavy atom. The molecule has 0 unspecified atom stereocenters. The molecule has 1 aromatic heterocycles. The molecule has 0 bridgehead atoms. The van der Waals surface area contributed by atoms with Gasteiger partial charge < -0.3 is 10.1 Å². The Kier molecular flexibility index (Phi) is 5.98. The number of alkyl halides is 2. The van der Waals surface area contributed by atoms with Gasteiger partial charge in [-0.3, -0.25) is 4.79 Å². The molecular formula is C18H14ClF2N3O2S. The Morgan fingerprint density at radius 1 is 1.22 bits per heavy atom. The topological polar surface area (TPSA) is 56.2 Å². The highest BCUT2D eigenvalue weighted by Crippen LogP contribution is 2.38. The Bertz CT molecular complexity index is 951. The average molecular weight is 410 g/mol. The molecule has 0 radical (unpaired) electrons. The third-order valence-electron chi connectivity index (χ3n) is 3.56. The number of benzene rings is 2. The lowest BCUT2D eigenvalue weighted by Crippen LogP contribution is -2.15. The van der Waals surface area contributed by atoms with Crippen molar-refractivity contribution in [2.75, 3.05) is 12.4 Å². The molecule has 0 fully saturated rings. The van der Waals surface area contributed by atoms with Crippen molar-refractivity contribution in [3.8, 4) is 11.4 Å². The van der Waals surface area contributed by atoms with Gasteiger partial charge in [0.1, 0.15) is 0 Å². The highest BCUT2D eigenvalue weighted by atomic mass is 35.5. The third kappa shape index (κ3) is 4.40. The number of carbonyl (C=O) groups is 1. The van der Waals surface area contributed by atoms with E-state index in [1.165, 1.54) is 23.9 Å². The maximum absolute atomic E-state index is 12.8. The predicted octanol–water partition coefficient (Wildman–Crippen LogP) is 5.10. The highest BCUT2D eigenvalue weighted by Gasteiger charge is 2.21. The van der Waals surface area contributed by atoms with Crippen LogP contribution >= 0.6 is 23.4 Å². The molecule has 1 amide bonds. The number of rotatable bonds is 6. The SMILES string of the molecule is COc1cn(-c2ccccc2)nc1C(=O)Nc1cccc(Cl)c1SC(F)F. The molecule has 0 saturated carbocycles. The number of hydrogen-bond acceptors (Lipinski definition) is 4. The van der Waals surface area contributed by atoms with Crippen molar-refractivity contribution in [3.05, 3.63) is 65.4 Å². The maximum atomic E-state index is 12.8. The van der Waals surface area contributed by atoms with Gasteiger partial charge >= 0.3 is 0 Å². The first kappa shape index (κ1) is 19.2. The third-order valence-corrected chi connectivity index (χ3v) is 4.84. The number of aromatic nitrogens is 2. The van der Waals surface area contributed by atoms with E-state index >= 15 is 0 Å². The number of amides is 1. The summed E-state index contributed by atoms with van der Waals surface area (Å²) in [5, 5.41) is 6.96. The number of hydrogen-bond donors (Lipinski definition) is 1. The van der Waals surface area contributed by atoms with Crippen LogP contribution in [0.1, 0.15) is 10.5 Å². The number of para-hydroxylation sites is 1. The van der Waals surface area contributed by atoms with Crippen LogP contribution in [0.3, 0.4) is 0 Å². The smallest absolute Gasteiger partial charge is 0.289 e. The highest BCUT2D eigenvalue weighted by molar-refractivity contribution is 7.99. The Hall–Kier alpha value is -2.58. The zero-order valence-corrected chi connectivity index (χ0v) is 15.6. The van der Waals surface area contributed by atoms with Crippen LogP contribution < -0.4 is 10.1 Å². The zero-order valence-electron chi connectivity index (χ0n) is 14.0. The first-order valence-corrected chi connectivity index (χ1v) is 8.99. The minimum atomic E-state index is -2.67. The minimum absolute atomic E-state index is 0.0225. The van der Waals surface area contributed by atoms with Gasteiger partial charge in [-0.05, 0) is 24.3 Å². The van der Waals surface area contributed by atoms with Crippen molar-refractivity contribution >= 4 is 35.0 Å². The molecule has 2 aromatic carbocycles. The molecule has 0 spiro atoms. The van der Waals surface area contributed by atoms with Gasteiger partial charge in [-0.15, -0.1) is 0 Å². The van der Waals surface area contributed by atoms with Crippen molar-refractivity contribution in [1.29, 1.82) is 0 Å². The lowest BCUT2D eigenvalue weighted by Gasteiger charge is -2.11. The van der Waals surface area contributed by atoms with E-state index < -0.39 is 11.7 Å². The summed E-state index contributed by atoms with van der Waals surface area (Å²) in [5.41, 5.74) is 0.940. The van der Waals surface area contributed by atoms with Crippen molar-refractivity contribution in [3.63, 3.8) is 0 Å². The minimum Gasteiger partial charge on any atom is -0.493 e. The van der Waals surface area contributed by atoms with E-state index in [-0.39, 0.29) is 38.8 Å². The second-order valence-electron chi connectivity index (χ2n) is 5.28. The molecule has 0 atom stereocenters. The summed E-state index contributed by atoms with van der Waals surface area (Å²) in [6.45, 7) is 0. The van der Waals surface area contributed by atoms with Crippen LogP contribution in [-0.4, -0.2) is 28.6 Å². The summed E-state index contributed by atoms with van der Waals surface area (Å²) in [4.78, 5) is 12.8. The number of methoxy groups -OCH3 is 1. The largest absolute Gasteiger partial charge is 0.493 e. The average Bonchev–Trinajstić information content (AvgIpc) is 3.09. The molecule has 0 aliphatic carbocycles. The summed E-state index contributed by atoms with van der Waals surface area (Å²) >= 11 is 6.26. The van der Waals surface area contributed by atoms with Gasteiger partial charge in [0.15, 0.2) is 11.4 Å². The second-order valence-corrected chi connectivity index (χ2v) is 6.68. The summed E-state index contributed by atoms with van der Waals surface area (Å²) < 4.78 is 32.3.